The molecule has 4 rings (SSSR count). The zero-order valence-electron chi connectivity index (χ0n) is 16.0. The predicted octanol–water partition coefficient (Wildman–Crippen LogP) is 3.27. The third-order valence-corrected chi connectivity index (χ3v) is 6.64. The molecule has 2 aromatic rings. The highest BCUT2D eigenvalue weighted by molar-refractivity contribution is 5.79. The van der Waals surface area contributed by atoms with E-state index in [2.05, 4.69) is 43.1 Å². The summed E-state index contributed by atoms with van der Waals surface area (Å²) in [6.45, 7) is 3.45. The first-order chi connectivity index (χ1) is 12.5. The number of carbonyl (C=O) groups excluding carboxylic acids is 1. The van der Waals surface area contributed by atoms with Crippen molar-refractivity contribution in [3.05, 3.63) is 71.3 Å². The summed E-state index contributed by atoms with van der Waals surface area (Å²) < 4.78 is 0. The molecule has 1 aliphatic carbocycles. The molecule has 1 amide bonds. The average Bonchev–Trinajstić information content (AvgIpc) is 2.65. The maximum atomic E-state index is 13.1. The van der Waals surface area contributed by atoms with Gasteiger partial charge in [-0.1, -0.05) is 61.5 Å². The Kier molecular flexibility index (Phi) is 4.36. The molecule has 0 saturated carbocycles. The lowest BCUT2D eigenvalue weighted by molar-refractivity contribution is -0.136. The number of amides is 1. The molecular formula is C23H28N2O. The van der Waals surface area contributed by atoms with Crippen molar-refractivity contribution in [2.45, 2.75) is 43.7 Å². The second-order valence-corrected chi connectivity index (χ2v) is 8.19. The van der Waals surface area contributed by atoms with Gasteiger partial charge in [-0.15, -0.1) is 0 Å². The number of fused-ring (bicyclic) bond motifs is 4. The van der Waals surface area contributed by atoms with Crippen LogP contribution >= 0.6 is 0 Å². The second-order valence-electron chi connectivity index (χ2n) is 8.19. The van der Waals surface area contributed by atoms with E-state index in [1.165, 1.54) is 11.1 Å². The van der Waals surface area contributed by atoms with Crippen LogP contribution in [0.4, 0.5) is 0 Å². The summed E-state index contributed by atoms with van der Waals surface area (Å²) >= 11 is 0. The van der Waals surface area contributed by atoms with Crippen LogP contribution in [0.25, 0.3) is 0 Å². The third kappa shape index (κ3) is 2.75. The molecule has 0 N–H and O–H groups in total. The number of hydrogen-bond acceptors (Lipinski definition) is 2. The molecule has 3 atom stereocenters. The SMILES string of the molecule is CN1CC[C@]2(C)c3ccccc3C[C@@H]1[C@H]2N(C)C(=O)Cc1ccccc1. The van der Waals surface area contributed by atoms with Crippen molar-refractivity contribution in [1.82, 2.24) is 9.80 Å². The molecule has 1 fully saturated rings. The molecule has 3 heteroatoms. The van der Waals surface area contributed by atoms with E-state index in [9.17, 15) is 4.79 Å². The van der Waals surface area contributed by atoms with E-state index in [0.717, 1.165) is 24.9 Å². The number of benzene rings is 2. The van der Waals surface area contributed by atoms with Gasteiger partial charge in [0, 0.05) is 18.5 Å². The Morgan fingerprint density at radius 3 is 2.62 bits per heavy atom. The van der Waals surface area contributed by atoms with Crippen molar-refractivity contribution in [1.29, 1.82) is 0 Å². The Hall–Kier alpha value is -2.13. The summed E-state index contributed by atoms with van der Waals surface area (Å²) in [6, 6.07) is 19.5. The molecule has 2 aliphatic rings. The highest BCUT2D eigenvalue weighted by Gasteiger charge is 2.52. The summed E-state index contributed by atoms with van der Waals surface area (Å²) in [5.41, 5.74) is 4.00. The van der Waals surface area contributed by atoms with Crippen molar-refractivity contribution in [2.75, 3.05) is 20.6 Å². The number of likely N-dealkylation sites (N-methyl/N-ethyl adjacent to an activating group) is 2. The van der Waals surface area contributed by atoms with Gasteiger partial charge in [0.15, 0.2) is 0 Å². The number of carbonyl (C=O) groups is 1. The van der Waals surface area contributed by atoms with Gasteiger partial charge >= 0.3 is 0 Å². The van der Waals surface area contributed by atoms with Crippen LogP contribution in [-0.2, 0) is 23.1 Å². The lowest BCUT2D eigenvalue weighted by Gasteiger charge is -2.57. The number of nitrogens with zero attached hydrogens (tertiary/aromatic N) is 2. The average molecular weight is 348 g/mol. The van der Waals surface area contributed by atoms with Crippen LogP contribution in [-0.4, -0.2) is 48.4 Å². The molecule has 2 bridgehead atoms. The van der Waals surface area contributed by atoms with Crippen LogP contribution in [0, 0.1) is 0 Å². The van der Waals surface area contributed by atoms with E-state index < -0.39 is 0 Å². The van der Waals surface area contributed by atoms with Gasteiger partial charge in [0.05, 0.1) is 12.5 Å². The molecule has 0 spiro atoms. The minimum Gasteiger partial charge on any atom is -0.340 e. The fraction of sp³-hybridized carbons (Fsp3) is 0.435. The lowest BCUT2D eigenvalue weighted by atomic mass is 9.61. The molecule has 0 aromatic heterocycles. The van der Waals surface area contributed by atoms with Crippen LogP contribution < -0.4 is 0 Å². The summed E-state index contributed by atoms with van der Waals surface area (Å²) in [5.74, 6) is 0.215. The van der Waals surface area contributed by atoms with Crippen LogP contribution in [0.3, 0.4) is 0 Å². The maximum Gasteiger partial charge on any atom is 0.227 e. The number of hydrogen-bond donors (Lipinski definition) is 0. The maximum absolute atomic E-state index is 13.1. The predicted molar refractivity (Wildman–Crippen MR) is 105 cm³/mol. The number of rotatable bonds is 3. The van der Waals surface area contributed by atoms with Crippen LogP contribution in [0.15, 0.2) is 54.6 Å². The van der Waals surface area contributed by atoms with Crippen LogP contribution in [0.5, 0.6) is 0 Å². The summed E-state index contributed by atoms with van der Waals surface area (Å²) in [6.07, 6.45) is 2.59. The summed E-state index contributed by atoms with van der Waals surface area (Å²) in [4.78, 5) is 17.6. The van der Waals surface area contributed by atoms with Gasteiger partial charge < -0.3 is 9.80 Å². The second kappa shape index (κ2) is 6.55. The smallest absolute Gasteiger partial charge is 0.227 e. The Bertz CT molecular complexity index is 803. The van der Waals surface area contributed by atoms with Gasteiger partial charge in [0.25, 0.3) is 0 Å². The Labute approximate surface area is 156 Å². The van der Waals surface area contributed by atoms with E-state index in [0.29, 0.717) is 12.5 Å². The van der Waals surface area contributed by atoms with Crippen molar-refractivity contribution >= 4 is 5.91 Å². The normalized spacial score (nSPS) is 27.7. The lowest BCUT2D eigenvalue weighted by Crippen LogP contribution is -2.67. The van der Waals surface area contributed by atoms with Crippen molar-refractivity contribution in [3.8, 4) is 0 Å². The minimum atomic E-state index is 0.0210. The largest absolute Gasteiger partial charge is 0.340 e. The molecule has 3 nitrogen and oxygen atoms in total. The Morgan fingerprint density at radius 2 is 1.85 bits per heavy atom. The Balaban J connectivity index is 1.67. The van der Waals surface area contributed by atoms with Crippen molar-refractivity contribution in [2.24, 2.45) is 0 Å². The molecule has 1 aliphatic heterocycles. The first-order valence-corrected chi connectivity index (χ1v) is 9.59. The first kappa shape index (κ1) is 17.3. The zero-order chi connectivity index (χ0) is 18.3. The van der Waals surface area contributed by atoms with E-state index >= 15 is 0 Å². The van der Waals surface area contributed by atoms with E-state index in [-0.39, 0.29) is 17.4 Å². The van der Waals surface area contributed by atoms with Gasteiger partial charge in [0.1, 0.15) is 0 Å². The summed E-state index contributed by atoms with van der Waals surface area (Å²) in [7, 11) is 4.22. The van der Waals surface area contributed by atoms with Gasteiger partial charge in [-0.25, -0.2) is 0 Å². The molecule has 26 heavy (non-hydrogen) atoms. The van der Waals surface area contributed by atoms with E-state index in [4.69, 9.17) is 0 Å². The molecule has 0 radical (unpaired) electrons. The van der Waals surface area contributed by atoms with Crippen molar-refractivity contribution < 1.29 is 4.79 Å². The molecule has 136 valence electrons. The zero-order valence-corrected chi connectivity index (χ0v) is 16.0. The molecular weight excluding hydrogens is 320 g/mol. The summed E-state index contributed by atoms with van der Waals surface area (Å²) in [5, 5.41) is 0. The van der Waals surface area contributed by atoms with Crippen LogP contribution in [0.2, 0.25) is 0 Å². The number of likely N-dealkylation sites (tertiary alicyclic amines) is 1. The molecule has 0 unspecified atom stereocenters. The monoisotopic (exact) mass is 348 g/mol. The fourth-order valence-electron chi connectivity index (χ4n) is 5.17. The quantitative estimate of drug-likeness (QED) is 0.850. The molecule has 2 aromatic carbocycles. The van der Waals surface area contributed by atoms with Gasteiger partial charge in [-0.05, 0) is 43.1 Å². The minimum absolute atomic E-state index is 0.0210. The molecule has 1 heterocycles. The van der Waals surface area contributed by atoms with Crippen LogP contribution in [0.1, 0.15) is 30.0 Å². The standard InChI is InChI=1S/C23H28N2O/c1-23-13-14-24(2)20(16-18-11-7-8-12-19(18)23)22(23)25(3)21(26)15-17-9-5-4-6-10-17/h4-12,20,22H,13-16H2,1-3H3/t20-,22-,23-/m1/s1. The molecule has 1 saturated heterocycles. The van der Waals surface area contributed by atoms with E-state index in [1.807, 2.05) is 42.3 Å². The van der Waals surface area contributed by atoms with Gasteiger partial charge in [-0.2, -0.15) is 0 Å². The topological polar surface area (TPSA) is 23.6 Å². The van der Waals surface area contributed by atoms with E-state index in [1.54, 1.807) is 0 Å². The highest BCUT2D eigenvalue weighted by atomic mass is 16.2. The Morgan fingerprint density at radius 1 is 1.15 bits per heavy atom. The third-order valence-electron chi connectivity index (χ3n) is 6.64. The first-order valence-electron chi connectivity index (χ1n) is 9.59. The van der Waals surface area contributed by atoms with Gasteiger partial charge in [-0.3, -0.25) is 4.79 Å². The number of piperidine rings is 1. The van der Waals surface area contributed by atoms with Crippen molar-refractivity contribution in [3.63, 3.8) is 0 Å². The fourth-order valence-corrected chi connectivity index (χ4v) is 5.17. The van der Waals surface area contributed by atoms with Gasteiger partial charge in [0.2, 0.25) is 5.91 Å². The highest BCUT2D eigenvalue weighted by Crippen LogP contribution is 2.46.